The van der Waals surface area contributed by atoms with E-state index in [0.717, 1.165) is 6.42 Å². The highest BCUT2D eigenvalue weighted by atomic mass is 16.2. The quantitative estimate of drug-likeness (QED) is 0.860. The second-order valence-corrected chi connectivity index (χ2v) is 6.40. The Kier molecular flexibility index (Phi) is 5.43. The van der Waals surface area contributed by atoms with Crippen LogP contribution in [-0.2, 0) is 11.2 Å². The Hall–Kier alpha value is -2.69. The molecule has 1 aliphatic heterocycles. The van der Waals surface area contributed by atoms with Crippen LogP contribution in [-0.4, -0.2) is 52.8 Å². The Bertz CT molecular complexity index is 738. The van der Waals surface area contributed by atoms with Crippen LogP contribution in [0.15, 0.2) is 48.8 Å². The molecule has 25 heavy (non-hydrogen) atoms. The van der Waals surface area contributed by atoms with Crippen LogP contribution in [0.3, 0.4) is 0 Å². The molecule has 0 unspecified atom stereocenters. The molecule has 1 aliphatic rings. The molecule has 1 aromatic heterocycles. The van der Waals surface area contributed by atoms with Gasteiger partial charge in [0.25, 0.3) is 5.91 Å². The van der Waals surface area contributed by atoms with Crippen LogP contribution in [0.1, 0.15) is 27.9 Å². The maximum absolute atomic E-state index is 12.4. The number of benzene rings is 1. The van der Waals surface area contributed by atoms with Gasteiger partial charge in [0, 0.05) is 50.6 Å². The number of aromatic nitrogens is 1. The monoisotopic (exact) mass is 337 g/mol. The molecule has 3 rings (SSSR count). The second kappa shape index (κ2) is 7.92. The number of pyridine rings is 1. The summed E-state index contributed by atoms with van der Waals surface area (Å²) in [6.07, 6.45) is 4.52. The van der Waals surface area contributed by atoms with Crippen molar-refractivity contribution in [2.24, 2.45) is 0 Å². The largest absolute Gasteiger partial charge is 0.339 e. The Morgan fingerprint density at radius 1 is 1.00 bits per heavy atom. The van der Waals surface area contributed by atoms with Gasteiger partial charge in [0.1, 0.15) is 0 Å². The average molecular weight is 337 g/mol. The molecule has 0 atom stereocenters. The number of hydrogen-bond acceptors (Lipinski definition) is 3. The van der Waals surface area contributed by atoms with Gasteiger partial charge in [0.05, 0.1) is 0 Å². The molecule has 1 fully saturated rings. The van der Waals surface area contributed by atoms with Crippen LogP contribution in [0.5, 0.6) is 0 Å². The third-order valence-corrected chi connectivity index (χ3v) is 4.56. The van der Waals surface area contributed by atoms with Crippen molar-refractivity contribution in [2.75, 3.05) is 26.2 Å². The molecule has 130 valence electrons. The standard InChI is InChI=1S/C20H23N3O2/c1-16-3-2-4-17(15-16)5-6-19(24)22-11-13-23(14-12-22)20(25)18-7-9-21-10-8-18/h2-4,7-10,15H,5-6,11-14H2,1H3. The van der Waals surface area contributed by atoms with Gasteiger partial charge in [-0.05, 0) is 31.0 Å². The van der Waals surface area contributed by atoms with E-state index in [1.54, 1.807) is 29.4 Å². The van der Waals surface area contributed by atoms with Crippen molar-refractivity contribution in [1.82, 2.24) is 14.8 Å². The molecule has 1 aromatic carbocycles. The Morgan fingerprint density at radius 3 is 2.36 bits per heavy atom. The molecule has 0 bridgehead atoms. The summed E-state index contributed by atoms with van der Waals surface area (Å²) >= 11 is 0. The lowest BCUT2D eigenvalue weighted by atomic mass is 10.1. The number of piperazine rings is 1. The van der Waals surface area contributed by atoms with E-state index in [1.165, 1.54) is 11.1 Å². The Labute approximate surface area is 148 Å². The molecule has 2 amide bonds. The number of nitrogens with zero attached hydrogens (tertiary/aromatic N) is 3. The maximum atomic E-state index is 12.4. The molecule has 2 aromatic rings. The minimum atomic E-state index is 0.00857. The van der Waals surface area contributed by atoms with Crippen molar-refractivity contribution in [1.29, 1.82) is 0 Å². The second-order valence-electron chi connectivity index (χ2n) is 6.40. The highest BCUT2D eigenvalue weighted by Gasteiger charge is 2.24. The van der Waals surface area contributed by atoms with Crippen LogP contribution in [0.25, 0.3) is 0 Å². The molecule has 0 spiro atoms. The highest BCUT2D eigenvalue weighted by Crippen LogP contribution is 2.11. The first-order chi connectivity index (χ1) is 12.1. The first kappa shape index (κ1) is 17.1. The molecule has 5 nitrogen and oxygen atoms in total. The molecule has 5 heteroatoms. The fourth-order valence-corrected chi connectivity index (χ4v) is 3.11. The van der Waals surface area contributed by atoms with Crippen LogP contribution in [0, 0.1) is 6.92 Å². The SMILES string of the molecule is Cc1cccc(CCC(=O)N2CCN(C(=O)c3ccncc3)CC2)c1. The molecule has 1 saturated heterocycles. The summed E-state index contributed by atoms with van der Waals surface area (Å²) in [7, 11) is 0. The summed E-state index contributed by atoms with van der Waals surface area (Å²) < 4.78 is 0. The minimum Gasteiger partial charge on any atom is -0.339 e. The van der Waals surface area contributed by atoms with Crippen molar-refractivity contribution in [3.05, 3.63) is 65.5 Å². The predicted octanol–water partition coefficient (Wildman–Crippen LogP) is 2.31. The van der Waals surface area contributed by atoms with E-state index in [0.29, 0.717) is 38.2 Å². The van der Waals surface area contributed by atoms with Gasteiger partial charge in [-0.15, -0.1) is 0 Å². The number of carbonyl (C=O) groups excluding carboxylic acids is 2. The van der Waals surface area contributed by atoms with Crippen molar-refractivity contribution in [2.45, 2.75) is 19.8 Å². The summed E-state index contributed by atoms with van der Waals surface area (Å²) in [4.78, 5) is 32.4. The van der Waals surface area contributed by atoms with Gasteiger partial charge < -0.3 is 9.80 Å². The molecule has 0 radical (unpaired) electrons. The van der Waals surface area contributed by atoms with E-state index >= 15 is 0 Å². The maximum Gasteiger partial charge on any atom is 0.254 e. The van der Waals surface area contributed by atoms with Crippen molar-refractivity contribution < 1.29 is 9.59 Å². The van der Waals surface area contributed by atoms with Crippen LogP contribution in [0.2, 0.25) is 0 Å². The van der Waals surface area contributed by atoms with Crippen LogP contribution >= 0.6 is 0 Å². The van der Waals surface area contributed by atoms with Gasteiger partial charge in [-0.3, -0.25) is 14.6 Å². The molecule has 0 N–H and O–H groups in total. The number of hydrogen-bond donors (Lipinski definition) is 0. The summed E-state index contributed by atoms with van der Waals surface area (Å²) in [6, 6.07) is 11.7. The topological polar surface area (TPSA) is 53.5 Å². The van der Waals surface area contributed by atoms with Gasteiger partial charge in [0.15, 0.2) is 0 Å². The Balaban J connectivity index is 1.48. The normalized spacial score (nSPS) is 14.4. The summed E-state index contributed by atoms with van der Waals surface area (Å²) in [5.74, 6) is 0.173. The zero-order valence-electron chi connectivity index (χ0n) is 14.5. The van der Waals surface area contributed by atoms with E-state index < -0.39 is 0 Å². The number of carbonyl (C=O) groups is 2. The molecule has 0 aliphatic carbocycles. The van der Waals surface area contributed by atoms with Gasteiger partial charge in [-0.25, -0.2) is 0 Å². The fourth-order valence-electron chi connectivity index (χ4n) is 3.11. The molecular weight excluding hydrogens is 314 g/mol. The minimum absolute atomic E-state index is 0.00857. The van der Waals surface area contributed by atoms with Gasteiger partial charge >= 0.3 is 0 Å². The lowest BCUT2D eigenvalue weighted by Crippen LogP contribution is -2.50. The zero-order chi connectivity index (χ0) is 17.6. The van der Waals surface area contributed by atoms with Crippen molar-refractivity contribution in [3.8, 4) is 0 Å². The van der Waals surface area contributed by atoms with E-state index in [4.69, 9.17) is 0 Å². The van der Waals surface area contributed by atoms with Crippen molar-refractivity contribution >= 4 is 11.8 Å². The van der Waals surface area contributed by atoms with E-state index in [1.807, 2.05) is 11.0 Å². The first-order valence-corrected chi connectivity index (χ1v) is 8.66. The van der Waals surface area contributed by atoms with Gasteiger partial charge in [-0.1, -0.05) is 29.8 Å². The highest BCUT2D eigenvalue weighted by molar-refractivity contribution is 5.94. The van der Waals surface area contributed by atoms with Crippen LogP contribution < -0.4 is 0 Å². The fraction of sp³-hybridized carbons (Fsp3) is 0.350. The number of aryl methyl sites for hydroxylation is 2. The molecule has 2 heterocycles. The van der Waals surface area contributed by atoms with Gasteiger partial charge in [0.2, 0.25) is 5.91 Å². The first-order valence-electron chi connectivity index (χ1n) is 8.66. The average Bonchev–Trinajstić information content (AvgIpc) is 2.66. The van der Waals surface area contributed by atoms with Crippen molar-refractivity contribution in [3.63, 3.8) is 0 Å². The summed E-state index contributed by atoms with van der Waals surface area (Å²) in [5.41, 5.74) is 3.06. The van der Waals surface area contributed by atoms with E-state index in [2.05, 4.69) is 30.1 Å². The summed E-state index contributed by atoms with van der Waals surface area (Å²) in [6.45, 7) is 4.42. The zero-order valence-corrected chi connectivity index (χ0v) is 14.5. The Morgan fingerprint density at radius 2 is 1.68 bits per heavy atom. The van der Waals surface area contributed by atoms with Crippen LogP contribution in [0.4, 0.5) is 0 Å². The summed E-state index contributed by atoms with van der Waals surface area (Å²) in [5, 5.41) is 0. The number of rotatable bonds is 4. The lowest BCUT2D eigenvalue weighted by molar-refractivity contribution is -0.132. The smallest absolute Gasteiger partial charge is 0.254 e. The number of amides is 2. The van der Waals surface area contributed by atoms with E-state index in [-0.39, 0.29) is 11.8 Å². The lowest BCUT2D eigenvalue weighted by Gasteiger charge is -2.35. The molecular formula is C20H23N3O2. The third kappa shape index (κ3) is 4.44. The van der Waals surface area contributed by atoms with E-state index in [9.17, 15) is 9.59 Å². The predicted molar refractivity (Wildman–Crippen MR) is 96.2 cm³/mol. The third-order valence-electron chi connectivity index (χ3n) is 4.56. The molecule has 0 saturated carbocycles. The van der Waals surface area contributed by atoms with Gasteiger partial charge in [-0.2, -0.15) is 0 Å².